The van der Waals surface area contributed by atoms with Crippen molar-refractivity contribution < 1.29 is 4.74 Å². The van der Waals surface area contributed by atoms with Crippen LogP contribution in [0, 0.1) is 6.92 Å². The maximum Gasteiger partial charge on any atom is 0.191 e. The molecule has 1 heterocycles. The fraction of sp³-hybridized carbons (Fsp3) is 0.824. The second-order valence-corrected chi connectivity index (χ2v) is 6.34. The summed E-state index contributed by atoms with van der Waals surface area (Å²) in [5, 5.41) is 15.3. The molecule has 0 unspecified atom stereocenters. The van der Waals surface area contributed by atoms with Gasteiger partial charge < -0.3 is 19.9 Å². The van der Waals surface area contributed by atoms with Crippen LogP contribution < -0.4 is 10.6 Å². The Balaban J connectivity index is 1.89. The van der Waals surface area contributed by atoms with Gasteiger partial charge in [0.25, 0.3) is 0 Å². The minimum absolute atomic E-state index is 0.526. The van der Waals surface area contributed by atoms with Crippen LogP contribution in [-0.2, 0) is 18.3 Å². The van der Waals surface area contributed by atoms with Crippen molar-refractivity contribution in [2.24, 2.45) is 12.0 Å². The number of nitrogens with one attached hydrogen (secondary N) is 2. The summed E-state index contributed by atoms with van der Waals surface area (Å²) in [7, 11) is 1.98. The van der Waals surface area contributed by atoms with Crippen molar-refractivity contribution in [3.05, 3.63) is 11.6 Å². The Morgan fingerprint density at radius 2 is 2.08 bits per heavy atom. The van der Waals surface area contributed by atoms with E-state index in [1.165, 1.54) is 32.1 Å². The third kappa shape index (κ3) is 6.11. The zero-order valence-electron chi connectivity index (χ0n) is 15.3. The molecule has 0 atom stereocenters. The first kappa shape index (κ1) is 18.7. The highest BCUT2D eigenvalue weighted by atomic mass is 16.5. The van der Waals surface area contributed by atoms with Crippen LogP contribution in [0.2, 0.25) is 0 Å². The summed E-state index contributed by atoms with van der Waals surface area (Å²) in [5.41, 5.74) is 0. The minimum atomic E-state index is 0.526. The molecule has 1 aliphatic carbocycles. The molecule has 2 rings (SSSR count). The lowest BCUT2D eigenvalue weighted by molar-refractivity contribution is 0.145. The van der Waals surface area contributed by atoms with Crippen LogP contribution in [0.15, 0.2) is 4.99 Å². The molecule has 136 valence electrons. The van der Waals surface area contributed by atoms with Crippen LogP contribution in [0.3, 0.4) is 0 Å². The van der Waals surface area contributed by atoms with E-state index in [1.807, 2.05) is 25.5 Å². The number of ether oxygens (including phenoxy) is 1. The van der Waals surface area contributed by atoms with Gasteiger partial charge in [0.15, 0.2) is 11.8 Å². The Labute approximate surface area is 145 Å². The molecule has 1 saturated carbocycles. The van der Waals surface area contributed by atoms with Gasteiger partial charge in [-0.15, -0.1) is 10.2 Å². The Hall–Kier alpha value is -1.63. The Bertz CT molecular complexity index is 507. The number of hydrogen-bond acceptors (Lipinski definition) is 4. The number of aromatic nitrogens is 3. The van der Waals surface area contributed by atoms with Crippen LogP contribution in [0.1, 0.15) is 57.1 Å². The molecular formula is C17H32N6O. The van der Waals surface area contributed by atoms with Crippen molar-refractivity contribution in [2.45, 2.75) is 65.0 Å². The van der Waals surface area contributed by atoms with Gasteiger partial charge in [-0.25, -0.2) is 4.99 Å². The van der Waals surface area contributed by atoms with E-state index in [0.29, 0.717) is 12.6 Å². The molecule has 0 bridgehead atoms. The quantitative estimate of drug-likeness (QED) is 0.431. The van der Waals surface area contributed by atoms with Crippen molar-refractivity contribution in [1.82, 2.24) is 25.4 Å². The second kappa shape index (κ2) is 10.3. The number of hydrogen-bond donors (Lipinski definition) is 2. The molecule has 0 aliphatic heterocycles. The molecule has 0 spiro atoms. The molecule has 1 fully saturated rings. The van der Waals surface area contributed by atoms with Crippen molar-refractivity contribution in [2.75, 3.05) is 19.8 Å². The Morgan fingerprint density at radius 1 is 1.29 bits per heavy atom. The van der Waals surface area contributed by atoms with Gasteiger partial charge >= 0.3 is 0 Å². The number of rotatable bonds is 8. The smallest absolute Gasteiger partial charge is 0.191 e. The molecule has 1 aromatic rings. The number of nitrogens with zero attached hydrogens (tertiary/aromatic N) is 4. The molecule has 0 aromatic carbocycles. The van der Waals surface area contributed by atoms with Crippen LogP contribution in [0.5, 0.6) is 0 Å². The summed E-state index contributed by atoms with van der Waals surface area (Å²) in [5.74, 6) is 2.66. The lowest BCUT2D eigenvalue weighted by atomic mass is 9.96. The lowest BCUT2D eigenvalue weighted by Gasteiger charge is -2.25. The largest absolute Gasteiger partial charge is 0.382 e. The van der Waals surface area contributed by atoms with Crippen molar-refractivity contribution >= 4 is 5.96 Å². The molecule has 7 heteroatoms. The van der Waals surface area contributed by atoms with Crippen molar-refractivity contribution in [3.63, 3.8) is 0 Å². The molecule has 0 radical (unpaired) electrons. The number of aryl methyl sites for hydroxylation is 1. The average Bonchev–Trinajstić information content (AvgIpc) is 2.92. The fourth-order valence-corrected chi connectivity index (χ4v) is 2.86. The standard InChI is InChI=1S/C17H32N6O/c1-4-24-12-8-11-18-17(20-15-9-6-5-7-10-15)19-13-16-22-21-14(2)23(16)3/h15H,4-13H2,1-3H3,(H2,18,19,20). The zero-order valence-corrected chi connectivity index (χ0v) is 15.3. The third-order valence-electron chi connectivity index (χ3n) is 4.47. The van der Waals surface area contributed by atoms with Crippen molar-refractivity contribution in [3.8, 4) is 0 Å². The summed E-state index contributed by atoms with van der Waals surface area (Å²) in [6.45, 7) is 6.91. The van der Waals surface area contributed by atoms with E-state index in [2.05, 4.69) is 20.8 Å². The predicted octanol–water partition coefficient (Wildman–Crippen LogP) is 1.92. The van der Waals surface area contributed by atoms with E-state index in [0.717, 1.165) is 43.8 Å². The van der Waals surface area contributed by atoms with E-state index in [9.17, 15) is 0 Å². The van der Waals surface area contributed by atoms with Crippen LogP contribution in [-0.4, -0.2) is 46.5 Å². The van der Waals surface area contributed by atoms with Crippen LogP contribution >= 0.6 is 0 Å². The first-order valence-corrected chi connectivity index (χ1v) is 9.18. The van der Waals surface area contributed by atoms with Gasteiger partial charge in [-0.3, -0.25) is 0 Å². The second-order valence-electron chi connectivity index (χ2n) is 6.34. The molecule has 24 heavy (non-hydrogen) atoms. The van der Waals surface area contributed by atoms with E-state index in [4.69, 9.17) is 9.73 Å². The SMILES string of the molecule is CCOCCCNC(=NCc1nnc(C)n1C)NC1CCCCC1. The molecule has 1 aliphatic rings. The maximum atomic E-state index is 5.39. The minimum Gasteiger partial charge on any atom is -0.382 e. The lowest BCUT2D eigenvalue weighted by Crippen LogP contribution is -2.44. The summed E-state index contributed by atoms with van der Waals surface area (Å²) in [6.07, 6.45) is 7.38. The summed E-state index contributed by atoms with van der Waals surface area (Å²) >= 11 is 0. The van der Waals surface area contributed by atoms with Gasteiger partial charge in [0.05, 0.1) is 0 Å². The Morgan fingerprint density at radius 3 is 2.75 bits per heavy atom. The zero-order chi connectivity index (χ0) is 17.2. The van der Waals surface area contributed by atoms with E-state index < -0.39 is 0 Å². The third-order valence-corrected chi connectivity index (χ3v) is 4.47. The topological polar surface area (TPSA) is 76.4 Å². The molecule has 0 amide bonds. The van der Waals surface area contributed by atoms with E-state index in [-0.39, 0.29) is 0 Å². The van der Waals surface area contributed by atoms with Crippen LogP contribution in [0.25, 0.3) is 0 Å². The van der Waals surface area contributed by atoms with Gasteiger partial charge in [-0.1, -0.05) is 19.3 Å². The maximum absolute atomic E-state index is 5.39. The predicted molar refractivity (Wildman–Crippen MR) is 96.0 cm³/mol. The summed E-state index contributed by atoms with van der Waals surface area (Å²) in [6, 6.07) is 0.526. The Kier molecular flexibility index (Phi) is 8.01. The fourth-order valence-electron chi connectivity index (χ4n) is 2.86. The average molecular weight is 336 g/mol. The van der Waals surface area contributed by atoms with Gasteiger partial charge in [0, 0.05) is 32.8 Å². The summed E-state index contributed by atoms with van der Waals surface area (Å²) < 4.78 is 7.37. The molecular weight excluding hydrogens is 304 g/mol. The number of aliphatic imine (C=N–C) groups is 1. The highest BCUT2D eigenvalue weighted by Crippen LogP contribution is 2.17. The van der Waals surface area contributed by atoms with Gasteiger partial charge in [0.1, 0.15) is 12.4 Å². The van der Waals surface area contributed by atoms with Gasteiger partial charge in [-0.05, 0) is 33.1 Å². The summed E-state index contributed by atoms with van der Waals surface area (Å²) in [4.78, 5) is 4.71. The molecule has 7 nitrogen and oxygen atoms in total. The van der Waals surface area contributed by atoms with Gasteiger partial charge in [0.2, 0.25) is 0 Å². The van der Waals surface area contributed by atoms with E-state index in [1.54, 1.807) is 0 Å². The van der Waals surface area contributed by atoms with Crippen molar-refractivity contribution in [1.29, 1.82) is 0 Å². The first-order valence-electron chi connectivity index (χ1n) is 9.18. The highest BCUT2D eigenvalue weighted by Gasteiger charge is 2.15. The van der Waals surface area contributed by atoms with Gasteiger partial charge in [-0.2, -0.15) is 0 Å². The van der Waals surface area contributed by atoms with Crippen LogP contribution in [0.4, 0.5) is 0 Å². The van der Waals surface area contributed by atoms with E-state index >= 15 is 0 Å². The highest BCUT2D eigenvalue weighted by molar-refractivity contribution is 5.80. The normalized spacial score (nSPS) is 16.4. The number of guanidine groups is 1. The first-order chi connectivity index (χ1) is 11.7. The molecule has 0 saturated heterocycles. The monoisotopic (exact) mass is 336 g/mol. The molecule has 1 aromatic heterocycles. The molecule has 2 N–H and O–H groups in total.